The molecule has 2 rings (SSSR count). The van der Waals surface area contributed by atoms with E-state index in [-0.39, 0.29) is 6.04 Å². The summed E-state index contributed by atoms with van der Waals surface area (Å²) in [6.45, 7) is 6.50. The SMILES string of the molecule is COCC(O)CCNC(C)c1ccc(N2CCOCC2)cc1Cl. The lowest BCUT2D eigenvalue weighted by Gasteiger charge is -2.29. The van der Waals surface area contributed by atoms with Crippen LogP contribution in [0, 0.1) is 0 Å². The molecular weight excluding hydrogens is 316 g/mol. The van der Waals surface area contributed by atoms with E-state index in [9.17, 15) is 5.11 Å². The normalized spacial score (nSPS) is 18.0. The van der Waals surface area contributed by atoms with Gasteiger partial charge in [0.15, 0.2) is 0 Å². The number of methoxy groups -OCH3 is 1. The van der Waals surface area contributed by atoms with Crippen LogP contribution < -0.4 is 10.2 Å². The maximum atomic E-state index is 9.66. The number of benzene rings is 1. The molecule has 2 atom stereocenters. The largest absolute Gasteiger partial charge is 0.391 e. The lowest BCUT2D eigenvalue weighted by Crippen LogP contribution is -2.36. The summed E-state index contributed by atoms with van der Waals surface area (Å²) in [5, 5.41) is 13.8. The number of aliphatic hydroxyl groups excluding tert-OH is 1. The molecule has 0 radical (unpaired) electrons. The Balaban J connectivity index is 1.89. The van der Waals surface area contributed by atoms with E-state index < -0.39 is 6.10 Å². The Kier molecular flexibility index (Phi) is 7.59. The average molecular weight is 343 g/mol. The van der Waals surface area contributed by atoms with Crippen LogP contribution in [0.25, 0.3) is 0 Å². The molecule has 0 amide bonds. The van der Waals surface area contributed by atoms with Crippen LogP contribution in [0.1, 0.15) is 24.9 Å². The third-order valence-electron chi connectivity index (χ3n) is 4.11. The van der Waals surface area contributed by atoms with Crippen molar-refractivity contribution >= 4 is 17.3 Å². The van der Waals surface area contributed by atoms with E-state index in [1.165, 1.54) is 0 Å². The molecule has 23 heavy (non-hydrogen) atoms. The molecule has 1 aliphatic heterocycles. The summed E-state index contributed by atoms with van der Waals surface area (Å²) in [5.41, 5.74) is 2.22. The van der Waals surface area contributed by atoms with Crippen molar-refractivity contribution in [1.82, 2.24) is 5.32 Å². The predicted octanol–water partition coefficient (Wildman–Crippen LogP) is 2.22. The van der Waals surface area contributed by atoms with E-state index in [0.717, 1.165) is 42.6 Å². The fourth-order valence-corrected chi connectivity index (χ4v) is 3.08. The Hall–Kier alpha value is -0.850. The third-order valence-corrected chi connectivity index (χ3v) is 4.44. The number of hydrogen-bond acceptors (Lipinski definition) is 5. The first-order chi connectivity index (χ1) is 11.1. The van der Waals surface area contributed by atoms with Gasteiger partial charge in [-0.2, -0.15) is 0 Å². The van der Waals surface area contributed by atoms with Crippen LogP contribution in [-0.2, 0) is 9.47 Å². The molecule has 5 nitrogen and oxygen atoms in total. The zero-order valence-electron chi connectivity index (χ0n) is 13.9. The highest BCUT2D eigenvalue weighted by molar-refractivity contribution is 6.31. The quantitative estimate of drug-likeness (QED) is 0.758. The second kappa shape index (κ2) is 9.45. The zero-order chi connectivity index (χ0) is 16.7. The number of hydrogen-bond donors (Lipinski definition) is 2. The Labute approximate surface area is 143 Å². The van der Waals surface area contributed by atoms with Crippen LogP contribution in [0.15, 0.2) is 18.2 Å². The van der Waals surface area contributed by atoms with Gasteiger partial charge in [0.05, 0.1) is 25.9 Å². The van der Waals surface area contributed by atoms with Crippen LogP contribution >= 0.6 is 11.6 Å². The summed E-state index contributed by atoms with van der Waals surface area (Å²) in [7, 11) is 1.59. The molecule has 0 saturated carbocycles. The van der Waals surface area contributed by atoms with Crippen molar-refractivity contribution in [3.05, 3.63) is 28.8 Å². The van der Waals surface area contributed by atoms with Gasteiger partial charge < -0.3 is 24.8 Å². The minimum absolute atomic E-state index is 0.135. The highest BCUT2D eigenvalue weighted by atomic mass is 35.5. The first-order valence-electron chi connectivity index (χ1n) is 8.14. The van der Waals surface area contributed by atoms with Gasteiger partial charge in [0.2, 0.25) is 0 Å². The molecule has 1 saturated heterocycles. The fourth-order valence-electron chi connectivity index (χ4n) is 2.74. The monoisotopic (exact) mass is 342 g/mol. The van der Waals surface area contributed by atoms with Crippen LogP contribution in [0.4, 0.5) is 5.69 Å². The number of ether oxygens (including phenoxy) is 2. The Bertz CT molecular complexity index is 481. The van der Waals surface area contributed by atoms with Crippen molar-refractivity contribution in [2.75, 3.05) is 51.5 Å². The van der Waals surface area contributed by atoms with Crippen molar-refractivity contribution < 1.29 is 14.6 Å². The van der Waals surface area contributed by atoms with Gasteiger partial charge in [-0.15, -0.1) is 0 Å². The van der Waals surface area contributed by atoms with E-state index >= 15 is 0 Å². The zero-order valence-corrected chi connectivity index (χ0v) is 14.7. The molecule has 1 aliphatic rings. The third kappa shape index (κ3) is 5.62. The van der Waals surface area contributed by atoms with Crippen LogP contribution in [0.2, 0.25) is 5.02 Å². The summed E-state index contributed by atoms with van der Waals surface area (Å²) in [5.74, 6) is 0. The van der Waals surface area contributed by atoms with Gasteiger partial charge in [0, 0.05) is 37.0 Å². The first kappa shape index (κ1) is 18.5. The molecule has 0 aliphatic carbocycles. The molecule has 0 spiro atoms. The van der Waals surface area contributed by atoms with Gasteiger partial charge in [-0.05, 0) is 37.6 Å². The molecule has 130 valence electrons. The molecule has 0 bridgehead atoms. The summed E-state index contributed by atoms with van der Waals surface area (Å²) < 4.78 is 10.3. The first-order valence-corrected chi connectivity index (χ1v) is 8.52. The number of nitrogens with zero attached hydrogens (tertiary/aromatic N) is 1. The molecule has 1 heterocycles. The van der Waals surface area contributed by atoms with Gasteiger partial charge in [-0.25, -0.2) is 0 Å². The molecule has 0 aromatic heterocycles. The number of nitrogens with one attached hydrogen (secondary N) is 1. The Morgan fingerprint density at radius 2 is 2.13 bits per heavy atom. The molecular formula is C17H27ClN2O3. The van der Waals surface area contributed by atoms with E-state index in [2.05, 4.69) is 29.3 Å². The molecule has 2 N–H and O–H groups in total. The van der Waals surface area contributed by atoms with Crippen molar-refractivity contribution in [2.24, 2.45) is 0 Å². The molecule has 1 aromatic rings. The summed E-state index contributed by atoms with van der Waals surface area (Å²) in [6, 6.07) is 6.36. The van der Waals surface area contributed by atoms with Gasteiger partial charge in [-0.1, -0.05) is 17.7 Å². The van der Waals surface area contributed by atoms with E-state index in [0.29, 0.717) is 19.6 Å². The molecule has 1 fully saturated rings. The fraction of sp³-hybridized carbons (Fsp3) is 0.647. The molecule has 6 heteroatoms. The topological polar surface area (TPSA) is 54.0 Å². The number of anilines is 1. The highest BCUT2D eigenvalue weighted by Gasteiger charge is 2.15. The number of halogens is 1. The number of aliphatic hydroxyl groups is 1. The van der Waals surface area contributed by atoms with Gasteiger partial charge in [-0.3, -0.25) is 0 Å². The molecule has 2 unspecified atom stereocenters. The summed E-state index contributed by atoms with van der Waals surface area (Å²) >= 11 is 6.47. The van der Waals surface area contributed by atoms with Gasteiger partial charge in [0.1, 0.15) is 0 Å². The van der Waals surface area contributed by atoms with Crippen molar-refractivity contribution in [2.45, 2.75) is 25.5 Å². The van der Waals surface area contributed by atoms with Gasteiger partial charge in [0.25, 0.3) is 0 Å². The second-order valence-electron chi connectivity index (χ2n) is 5.88. The predicted molar refractivity (Wildman–Crippen MR) is 93.4 cm³/mol. The maximum absolute atomic E-state index is 9.66. The lowest BCUT2D eigenvalue weighted by atomic mass is 10.1. The summed E-state index contributed by atoms with van der Waals surface area (Å²) in [4.78, 5) is 2.29. The van der Waals surface area contributed by atoms with E-state index in [1.807, 2.05) is 6.07 Å². The molecule has 1 aromatic carbocycles. The van der Waals surface area contributed by atoms with Crippen molar-refractivity contribution in [1.29, 1.82) is 0 Å². The lowest BCUT2D eigenvalue weighted by molar-refractivity contribution is 0.0590. The summed E-state index contributed by atoms with van der Waals surface area (Å²) in [6.07, 6.45) is 0.223. The average Bonchev–Trinajstić information content (AvgIpc) is 2.55. The van der Waals surface area contributed by atoms with Crippen LogP contribution in [0.3, 0.4) is 0 Å². The standard InChI is InChI=1S/C17H27ClN2O3/c1-13(19-6-5-15(21)12-22-2)16-4-3-14(11-17(16)18)20-7-9-23-10-8-20/h3-4,11,13,15,19,21H,5-10,12H2,1-2H3. The van der Waals surface area contributed by atoms with E-state index in [1.54, 1.807) is 7.11 Å². The highest BCUT2D eigenvalue weighted by Crippen LogP contribution is 2.28. The minimum Gasteiger partial charge on any atom is -0.391 e. The van der Waals surface area contributed by atoms with Gasteiger partial charge >= 0.3 is 0 Å². The van der Waals surface area contributed by atoms with E-state index in [4.69, 9.17) is 21.1 Å². The number of rotatable bonds is 8. The van der Waals surface area contributed by atoms with Crippen molar-refractivity contribution in [3.63, 3.8) is 0 Å². The maximum Gasteiger partial charge on any atom is 0.0785 e. The number of morpholine rings is 1. The van der Waals surface area contributed by atoms with Crippen molar-refractivity contribution in [3.8, 4) is 0 Å². The smallest absolute Gasteiger partial charge is 0.0785 e. The Morgan fingerprint density at radius 1 is 1.39 bits per heavy atom. The Morgan fingerprint density at radius 3 is 2.78 bits per heavy atom. The second-order valence-corrected chi connectivity index (χ2v) is 6.29. The van der Waals surface area contributed by atoms with Crippen LogP contribution in [0.5, 0.6) is 0 Å². The van der Waals surface area contributed by atoms with Crippen LogP contribution in [-0.4, -0.2) is 57.8 Å². The minimum atomic E-state index is -0.432.